The largest absolute Gasteiger partial charge is 0.467 e. The Morgan fingerprint density at radius 1 is 1.92 bits per heavy atom. The summed E-state index contributed by atoms with van der Waals surface area (Å²) in [6.45, 7) is 1.93. The van der Waals surface area contributed by atoms with Gasteiger partial charge in [0.15, 0.2) is 0 Å². The van der Waals surface area contributed by atoms with Crippen LogP contribution in [0, 0.1) is 0 Å². The van der Waals surface area contributed by atoms with Crippen molar-refractivity contribution in [1.82, 2.24) is 5.32 Å². The van der Waals surface area contributed by atoms with Crippen molar-refractivity contribution < 1.29 is 14.4 Å². The molecule has 1 saturated heterocycles. The van der Waals surface area contributed by atoms with Crippen LogP contribution in [0.1, 0.15) is 6.92 Å². The molecule has 1 aliphatic rings. The molecule has 0 radical (unpaired) electrons. The average Bonchev–Trinajstić information content (AvgIpc) is 2.47. The lowest BCUT2D eigenvalue weighted by Gasteiger charge is -1.99. The molecular weight excluding hydrogens is 180 g/mol. The van der Waals surface area contributed by atoms with Gasteiger partial charge in [0.1, 0.15) is 6.10 Å². The highest BCUT2D eigenvalue weighted by atomic mass is 32.2. The zero-order valence-corrected chi connectivity index (χ0v) is 7.68. The molecule has 1 fully saturated rings. The molecular formula is C6H10N2O3S. The van der Waals surface area contributed by atoms with Gasteiger partial charge in [-0.2, -0.15) is 0 Å². The number of nitrogens with one attached hydrogen (secondary N) is 1. The van der Waals surface area contributed by atoms with E-state index in [1.165, 1.54) is 18.8 Å². The number of oxime groups is 1. The van der Waals surface area contributed by atoms with Crippen LogP contribution in [0.4, 0.5) is 4.79 Å². The Labute approximate surface area is 74.5 Å². The lowest BCUT2D eigenvalue weighted by atomic mass is 10.5. The third-order valence-electron chi connectivity index (χ3n) is 1.15. The molecule has 0 aromatic heterocycles. The van der Waals surface area contributed by atoms with Crippen molar-refractivity contribution >= 4 is 23.1 Å². The van der Waals surface area contributed by atoms with Gasteiger partial charge in [-0.15, -0.1) is 0 Å². The molecule has 0 aromatic rings. The molecule has 68 valence electrons. The topological polar surface area (TPSA) is 59.9 Å². The van der Waals surface area contributed by atoms with E-state index in [1.54, 1.807) is 0 Å². The molecule has 1 rings (SSSR count). The van der Waals surface area contributed by atoms with Crippen molar-refractivity contribution in [2.24, 2.45) is 5.16 Å². The molecule has 0 saturated carbocycles. The molecule has 1 heterocycles. The Hall–Kier alpha value is -0.910. The lowest BCUT2D eigenvalue weighted by Crippen LogP contribution is -2.17. The summed E-state index contributed by atoms with van der Waals surface area (Å²) in [7, 11) is 1.47. The van der Waals surface area contributed by atoms with Crippen LogP contribution in [-0.4, -0.2) is 30.2 Å². The third kappa shape index (κ3) is 2.61. The molecule has 1 N–H and O–H groups in total. The first-order valence-corrected chi connectivity index (χ1v) is 4.47. The number of amides is 1. The lowest BCUT2D eigenvalue weighted by molar-refractivity contribution is 0.146. The number of hydrogen-bond donors (Lipinski definition) is 1. The number of nitrogens with zero attached hydrogens (tertiary/aromatic N) is 1. The fourth-order valence-corrected chi connectivity index (χ4v) is 1.37. The summed E-state index contributed by atoms with van der Waals surface area (Å²) in [5.74, 6) is 0.843. The van der Waals surface area contributed by atoms with E-state index in [4.69, 9.17) is 4.74 Å². The Bertz CT molecular complexity index is 207. The molecule has 0 aromatic carbocycles. The highest BCUT2D eigenvalue weighted by Gasteiger charge is 2.19. The van der Waals surface area contributed by atoms with Gasteiger partial charge in [-0.1, -0.05) is 11.8 Å². The number of carbonyl (C=O) groups excluding carboxylic acids is 1. The molecule has 1 atom stereocenters. The van der Waals surface area contributed by atoms with E-state index in [1.807, 2.05) is 6.92 Å². The summed E-state index contributed by atoms with van der Waals surface area (Å²) in [6.07, 6.45) is -0.451. The first kappa shape index (κ1) is 9.18. The second-order valence-electron chi connectivity index (χ2n) is 2.23. The van der Waals surface area contributed by atoms with E-state index in [2.05, 4.69) is 15.3 Å². The zero-order valence-electron chi connectivity index (χ0n) is 6.86. The molecule has 5 nitrogen and oxygen atoms in total. The molecule has 6 heteroatoms. The number of ether oxygens (including phenoxy) is 1. The maximum absolute atomic E-state index is 10.5. The van der Waals surface area contributed by atoms with Crippen molar-refractivity contribution in [2.75, 3.05) is 12.8 Å². The molecule has 1 aliphatic heterocycles. The molecule has 0 aliphatic carbocycles. The Kier molecular flexibility index (Phi) is 3.21. The zero-order chi connectivity index (χ0) is 8.97. The van der Waals surface area contributed by atoms with Crippen LogP contribution in [0.25, 0.3) is 0 Å². The van der Waals surface area contributed by atoms with Gasteiger partial charge in [0.2, 0.25) is 0 Å². The summed E-state index contributed by atoms with van der Waals surface area (Å²) >= 11 is 1.43. The quantitative estimate of drug-likeness (QED) is 0.490. The van der Waals surface area contributed by atoms with Crippen LogP contribution in [0.15, 0.2) is 5.16 Å². The number of carbonyl (C=O) groups is 1. The van der Waals surface area contributed by atoms with Gasteiger partial charge in [0, 0.05) is 12.8 Å². The van der Waals surface area contributed by atoms with Gasteiger partial charge in [0.25, 0.3) is 5.23 Å². The van der Waals surface area contributed by atoms with Gasteiger partial charge in [-0.05, 0) is 12.1 Å². The minimum atomic E-state index is -0.591. The summed E-state index contributed by atoms with van der Waals surface area (Å²) in [5.41, 5.74) is 0. The highest BCUT2D eigenvalue weighted by molar-refractivity contribution is 8.13. The standard InChI is InChI=1S/C6H10N2O3S/c1-4-3-12-6(10-4)8-11-5(9)7-2/h4H,3H2,1-2H3,(H,7,9)/b8-6-. The summed E-state index contributed by atoms with van der Waals surface area (Å²) in [6, 6.07) is 0. The Morgan fingerprint density at radius 2 is 2.67 bits per heavy atom. The van der Waals surface area contributed by atoms with Gasteiger partial charge in [-0.25, -0.2) is 4.79 Å². The molecule has 12 heavy (non-hydrogen) atoms. The first-order valence-electron chi connectivity index (χ1n) is 3.48. The van der Waals surface area contributed by atoms with Crippen molar-refractivity contribution in [1.29, 1.82) is 0 Å². The van der Waals surface area contributed by atoms with E-state index in [9.17, 15) is 4.79 Å². The van der Waals surface area contributed by atoms with Crippen LogP contribution < -0.4 is 5.32 Å². The highest BCUT2D eigenvalue weighted by Crippen LogP contribution is 2.19. The predicted octanol–water partition coefficient (Wildman–Crippen LogP) is 0.765. The van der Waals surface area contributed by atoms with Gasteiger partial charge in [-0.3, -0.25) is 4.84 Å². The van der Waals surface area contributed by atoms with E-state index in [-0.39, 0.29) is 6.10 Å². The van der Waals surface area contributed by atoms with Crippen LogP contribution in [0.2, 0.25) is 0 Å². The summed E-state index contributed by atoms with van der Waals surface area (Å²) in [4.78, 5) is 15.0. The Morgan fingerprint density at radius 3 is 3.17 bits per heavy atom. The van der Waals surface area contributed by atoms with E-state index in [0.29, 0.717) is 5.23 Å². The van der Waals surface area contributed by atoms with Crippen molar-refractivity contribution in [3.8, 4) is 0 Å². The van der Waals surface area contributed by atoms with E-state index >= 15 is 0 Å². The predicted molar refractivity (Wildman–Crippen MR) is 46.0 cm³/mol. The van der Waals surface area contributed by atoms with Crippen LogP contribution in [-0.2, 0) is 9.57 Å². The third-order valence-corrected chi connectivity index (χ3v) is 2.20. The molecule has 1 unspecified atom stereocenters. The van der Waals surface area contributed by atoms with Crippen molar-refractivity contribution in [3.05, 3.63) is 0 Å². The van der Waals surface area contributed by atoms with Crippen LogP contribution in [0.5, 0.6) is 0 Å². The minimum absolute atomic E-state index is 0.141. The number of thioether (sulfide) groups is 1. The second-order valence-corrected chi connectivity index (χ2v) is 3.20. The first-order chi connectivity index (χ1) is 5.72. The molecule has 1 amide bonds. The fourth-order valence-electron chi connectivity index (χ4n) is 0.601. The molecule has 0 spiro atoms. The second kappa shape index (κ2) is 4.20. The summed E-state index contributed by atoms with van der Waals surface area (Å²) in [5, 5.41) is 6.17. The van der Waals surface area contributed by atoms with Crippen molar-refractivity contribution in [3.63, 3.8) is 0 Å². The monoisotopic (exact) mass is 190 g/mol. The number of hydrogen-bond acceptors (Lipinski definition) is 5. The fraction of sp³-hybridized carbons (Fsp3) is 0.667. The van der Waals surface area contributed by atoms with Crippen LogP contribution in [0.3, 0.4) is 0 Å². The number of rotatable bonds is 1. The van der Waals surface area contributed by atoms with E-state index in [0.717, 1.165) is 5.75 Å². The molecule has 0 bridgehead atoms. The van der Waals surface area contributed by atoms with Gasteiger partial charge >= 0.3 is 6.09 Å². The Balaban J connectivity index is 2.33. The van der Waals surface area contributed by atoms with E-state index < -0.39 is 6.09 Å². The van der Waals surface area contributed by atoms with Gasteiger partial charge in [0.05, 0.1) is 0 Å². The normalized spacial score (nSPS) is 25.2. The summed E-state index contributed by atoms with van der Waals surface area (Å²) < 4.78 is 5.16. The maximum atomic E-state index is 10.5. The van der Waals surface area contributed by atoms with Crippen LogP contribution >= 0.6 is 11.8 Å². The minimum Gasteiger partial charge on any atom is -0.467 e. The van der Waals surface area contributed by atoms with Gasteiger partial charge < -0.3 is 10.1 Å². The average molecular weight is 190 g/mol. The van der Waals surface area contributed by atoms with Crippen molar-refractivity contribution in [2.45, 2.75) is 13.0 Å². The maximum Gasteiger partial charge on any atom is 0.433 e. The SMILES string of the molecule is CNC(=O)O/N=C1/OC(C)CS1. The smallest absolute Gasteiger partial charge is 0.433 e.